The Labute approximate surface area is 184 Å². The van der Waals surface area contributed by atoms with Gasteiger partial charge in [-0.15, -0.1) is 0 Å². The molecule has 0 saturated heterocycles. The number of pyridine rings is 1. The number of halogens is 1. The van der Waals surface area contributed by atoms with Crippen molar-refractivity contribution in [2.24, 2.45) is 0 Å². The zero-order valence-electron chi connectivity index (χ0n) is 16.1. The molecule has 0 saturated carbocycles. The van der Waals surface area contributed by atoms with Crippen molar-refractivity contribution in [2.45, 2.75) is 0 Å². The summed E-state index contributed by atoms with van der Waals surface area (Å²) in [4.78, 5) is 47.1. The van der Waals surface area contributed by atoms with Gasteiger partial charge < -0.3 is 9.97 Å². The maximum absolute atomic E-state index is 12.7. The molecule has 6 nitrogen and oxygen atoms in total. The van der Waals surface area contributed by atoms with Crippen LogP contribution in [-0.2, 0) is 0 Å². The number of carbonyl (C=O) groups excluding carboxylic acids is 1. The lowest BCUT2D eigenvalue weighted by Crippen LogP contribution is -2.46. The molecule has 2 N–H and O–H groups in total. The number of hydrogen-bond acceptors (Lipinski definition) is 4. The van der Waals surface area contributed by atoms with Gasteiger partial charge in [0.25, 0.3) is 11.1 Å². The molecule has 4 rings (SSSR count). The predicted molar refractivity (Wildman–Crippen MR) is 122 cm³/mol. The first-order chi connectivity index (χ1) is 15.0. The molecule has 7 heteroatoms. The summed E-state index contributed by atoms with van der Waals surface area (Å²) in [6.45, 7) is 0. The van der Waals surface area contributed by atoms with E-state index >= 15 is 0 Å². The van der Waals surface area contributed by atoms with E-state index in [2.05, 4.69) is 30.9 Å². The molecule has 0 aliphatic heterocycles. The van der Waals surface area contributed by atoms with Crippen LogP contribution in [-0.4, -0.2) is 20.7 Å². The van der Waals surface area contributed by atoms with Crippen molar-refractivity contribution < 1.29 is 4.79 Å². The Balaban J connectivity index is 1.73. The zero-order chi connectivity index (χ0) is 21.8. The van der Waals surface area contributed by atoms with Crippen LogP contribution in [0, 0.1) is 0 Å². The predicted octanol–water partition coefficient (Wildman–Crippen LogP) is 2.11. The summed E-state index contributed by atoms with van der Waals surface area (Å²) in [7, 11) is 0. The number of nitrogens with zero attached hydrogens (tertiary/aromatic N) is 1. The minimum Gasteiger partial charge on any atom is -0.316 e. The highest BCUT2D eigenvalue weighted by atomic mass is 79.9. The second kappa shape index (κ2) is 8.89. The van der Waals surface area contributed by atoms with Gasteiger partial charge >= 0.3 is 0 Å². The van der Waals surface area contributed by atoms with E-state index in [1.807, 2.05) is 6.07 Å². The second-order valence-electron chi connectivity index (χ2n) is 6.73. The summed E-state index contributed by atoms with van der Waals surface area (Å²) in [6.07, 6.45) is 3.02. The molecule has 4 aromatic rings. The van der Waals surface area contributed by atoms with Crippen molar-refractivity contribution in [3.8, 4) is 0 Å². The third kappa shape index (κ3) is 4.84. The van der Waals surface area contributed by atoms with Crippen LogP contribution in [0.5, 0.6) is 0 Å². The molecular weight excluding hydrogens is 458 g/mol. The SMILES string of the molecule is O=C(c1ccccc1)c1cccc(/C=c2\[nH]c(=O)/c(=C/c3cccc(Br)n3)[nH]c2=O)c1. The fraction of sp³-hybridized carbons (Fsp3) is 0. The average molecular weight is 474 g/mol. The molecule has 0 aliphatic carbocycles. The molecule has 0 bridgehead atoms. The number of hydrogen-bond donors (Lipinski definition) is 2. The van der Waals surface area contributed by atoms with E-state index < -0.39 is 11.1 Å². The van der Waals surface area contributed by atoms with Crippen molar-refractivity contribution in [3.63, 3.8) is 0 Å². The molecule has 0 amide bonds. The highest BCUT2D eigenvalue weighted by Crippen LogP contribution is 2.12. The Bertz CT molecular complexity index is 1510. The van der Waals surface area contributed by atoms with Crippen molar-refractivity contribution in [2.75, 3.05) is 0 Å². The van der Waals surface area contributed by atoms with Crippen LogP contribution in [0.15, 0.2) is 87.0 Å². The van der Waals surface area contributed by atoms with Gasteiger partial charge in [-0.1, -0.05) is 54.6 Å². The van der Waals surface area contributed by atoms with Gasteiger partial charge in [0.15, 0.2) is 5.78 Å². The molecule has 31 heavy (non-hydrogen) atoms. The lowest BCUT2D eigenvalue weighted by molar-refractivity contribution is 0.103. The molecule has 0 atom stereocenters. The second-order valence-corrected chi connectivity index (χ2v) is 7.54. The van der Waals surface area contributed by atoms with Gasteiger partial charge in [-0.3, -0.25) is 14.4 Å². The third-order valence-electron chi connectivity index (χ3n) is 4.51. The molecule has 0 spiro atoms. The number of H-pyrrole nitrogens is 2. The van der Waals surface area contributed by atoms with Gasteiger partial charge in [-0.05, 0) is 51.8 Å². The van der Waals surface area contributed by atoms with E-state index in [1.165, 1.54) is 12.2 Å². The topological polar surface area (TPSA) is 95.7 Å². The lowest BCUT2D eigenvalue weighted by Gasteiger charge is -2.02. The highest BCUT2D eigenvalue weighted by molar-refractivity contribution is 9.10. The Morgan fingerprint density at radius 1 is 0.774 bits per heavy atom. The largest absolute Gasteiger partial charge is 0.316 e. The Hall–Kier alpha value is -3.84. The Morgan fingerprint density at radius 2 is 1.42 bits per heavy atom. The number of rotatable bonds is 4. The molecule has 152 valence electrons. The van der Waals surface area contributed by atoms with Crippen LogP contribution >= 0.6 is 15.9 Å². The van der Waals surface area contributed by atoms with Gasteiger partial charge in [0, 0.05) is 11.1 Å². The minimum atomic E-state index is -0.458. The number of aromatic amines is 2. The number of carbonyl (C=O) groups is 1. The quantitative estimate of drug-likeness (QED) is 0.350. The summed E-state index contributed by atoms with van der Waals surface area (Å²) in [5, 5.41) is 0.189. The zero-order valence-corrected chi connectivity index (χ0v) is 17.7. The maximum atomic E-state index is 12.7. The van der Waals surface area contributed by atoms with Crippen LogP contribution < -0.4 is 21.8 Å². The summed E-state index contributed by atoms with van der Waals surface area (Å²) < 4.78 is 0.620. The number of aromatic nitrogens is 3. The monoisotopic (exact) mass is 473 g/mol. The standard InChI is InChI=1S/C24H16BrN3O3/c25-21-11-5-10-18(26-21)14-20-24(31)27-19(23(30)28-20)13-15-6-4-9-17(12-15)22(29)16-7-2-1-3-8-16/h1-14H,(H,27,31)(H,28,30)/b19-13-,20-14-. The summed E-state index contributed by atoms with van der Waals surface area (Å²) in [6, 6.07) is 21.1. The number of benzene rings is 2. The first kappa shape index (κ1) is 20.4. The molecule has 2 aromatic carbocycles. The number of ketones is 1. The molecule has 2 heterocycles. The molecule has 2 aromatic heterocycles. The van der Waals surface area contributed by atoms with E-state index in [0.29, 0.717) is 27.0 Å². The summed E-state index contributed by atoms with van der Waals surface area (Å²) in [5.74, 6) is -0.121. The van der Waals surface area contributed by atoms with E-state index in [4.69, 9.17) is 0 Å². The third-order valence-corrected chi connectivity index (χ3v) is 4.95. The first-order valence-corrected chi connectivity index (χ1v) is 10.2. The minimum absolute atomic E-state index is 0.0914. The van der Waals surface area contributed by atoms with Crippen LogP contribution in [0.3, 0.4) is 0 Å². The van der Waals surface area contributed by atoms with E-state index in [9.17, 15) is 14.4 Å². The molecule has 0 radical (unpaired) electrons. The van der Waals surface area contributed by atoms with Crippen LogP contribution in [0.4, 0.5) is 0 Å². The fourth-order valence-electron chi connectivity index (χ4n) is 3.04. The van der Waals surface area contributed by atoms with E-state index in [0.717, 1.165) is 0 Å². The van der Waals surface area contributed by atoms with Crippen molar-refractivity contribution >= 4 is 33.9 Å². The summed E-state index contributed by atoms with van der Waals surface area (Å²) >= 11 is 3.27. The maximum Gasteiger partial charge on any atom is 0.272 e. The van der Waals surface area contributed by atoms with Crippen molar-refractivity contribution in [3.05, 3.63) is 131 Å². The average Bonchev–Trinajstić information content (AvgIpc) is 2.77. The van der Waals surface area contributed by atoms with Gasteiger partial charge in [-0.2, -0.15) is 0 Å². The van der Waals surface area contributed by atoms with Crippen LogP contribution in [0.2, 0.25) is 0 Å². The van der Waals surface area contributed by atoms with E-state index in [1.54, 1.807) is 66.7 Å². The van der Waals surface area contributed by atoms with Gasteiger partial charge in [0.2, 0.25) is 0 Å². The first-order valence-electron chi connectivity index (χ1n) is 9.38. The molecule has 0 unspecified atom stereocenters. The van der Waals surface area contributed by atoms with Gasteiger partial charge in [0.05, 0.1) is 5.69 Å². The van der Waals surface area contributed by atoms with Crippen molar-refractivity contribution in [1.29, 1.82) is 0 Å². The van der Waals surface area contributed by atoms with Gasteiger partial charge in [0.1, 0.15) is 15.3 Å². The molecule has 0 aliphatic rings. The van der Waals surface area contributed by atoms with Crippen LogP contribution in [0.25, 0.3) is 12.2 Å². The fourth-order valence-corrected chi connectivity index (χ4v) is 3.40. The van der Waals surface area contributed by atoms with E-state index in [-0.39, 0.29) is 16.5 Å². The highest BCUT2D eigenvalue weighted by Gasteiger charge is 2.08. The normalized spacial score (nSPS) is 12.2. The molecular formula is C24H16BrN3O3. The number of nitrogens with one attached hydrogen (secondary N) is 2. The van der Waals surface area contributed by atoms with Gasteiger partial charge in [-0.25, -0.2) is 4.98 Å². The Morgan fingerprint density at radius 3 is 2.13 bits per heavy atom. The molecule has 0 fully saturated rings. The smallest absolute Gasteiger partial charge is 0.272 e. The van der Waals surface area contributed by atoms with Crippen molar-refractivity contribution in [1.82, 2.24) is 15.0 Å². The summed E-state index contributed by atoms with van der Waals surface area (Å²) in [5.41, 5.74) is 1.30. The Kier molecular flexibility index (Phi) is 5.86. The lowest BCUT2D eigenvalue weighted by atomic mass is 10.0. The van der Waals surface area contributed by atoms with Crippen LogP contribution in [0.1, 0.15) is 27.2 Å².